The number of carbonyl (C=O) groups is 2. The standard InChI is InChI=1S/C26H36N2O2/c1-25(2,3)21-13-9-19(10-14-21)23(29)27-17-7-8-18-28-24(30)20-11-15-22(16-12-20)26(4,5)6/h9-16H,7-8,17-18H2,1-6H3,(H,27,29)(H,28,30). The van der Waals surface area contributed by atoms with Gasteiger partial charge in [-0.2, -0.15) is 0 Å². The molecule has 0 aliphatic heterocycles. The summed E-state index contributed by atoms with van der Waals surface area (Å²) in [5.74, 6) is -0.114. The van der Waals surface area contributed by atoms with Gasteiger partial charge in [-0.15, -0.1) is 0 Å². The van der Waals surface area contributed by atoms with Crippen LogP contribution in [0.4, 0.5) is 0 Å². The first-order valence-electron chi connectivity index (χ1n) is 10.8. The molecule has 0 aliphatic carbocycles. The number of rotatable bonds is 7. The summed E-state index contributed by atoms with van der Waals surface area (Å²) >= 11 is 0. The monoisotopic (exact) mass is 408 g/mol. The Morgan fingerprint density at radius 1 is 0.600 bits per heavy atom. The van der Waals surface area contributed by atoms with Gasteiger partial charge in [0.1, 0.15) is 0 Å². The molecule has 0 aliphatic rings. The van der Waals surface area contributed by atoms with E-state index in [9.17, 15) is 9.59 Å². The maximum absolute atomic E-state index is 12.2. The van der Waals surface area contributed by atoms with Gasteiger partial charge in [0, 0.05) is 24.2 Å². The molecule has 0 aromatic heterocycles. The topological polar surface area (TPSA) is 58.2 Å². The molecule has 2 aromatic rings. The van der Waals surface area contributed by atoms with Crippen LogP contribution in [-0.2, 0) is 10.8 Å². The summed E-state index contributed by atoms with van der Waals surface area (Å²) in [5, 5.41) is 5.89. The minimum absolute atomic E-state index is 0.0570. The van der Waals surface area contributed by atoms with Crippen molar-refractivity contribution in [2.24, 2.45) is 0 Å². The fraction of sp³-hybridized carbons (Fsp3) is 0.462. The molecule has 30 heavy (non-hydrogen) atoms. The molecule has 4 heteroatoms. The Balaban J connectivity index is 1.68. The average Bonchev–Trinajstić information content (AvgIpc) is 2.69. The number of nitrogens with one attached hydrogen (secondary N) is 2. The second kappa shape index (κ2) is 9.92. The summed E-state index contributed by atoms with van der Waals surface area (Å²) in [6.07, 6.45) is 1.63. The highest BCUT2D eigenvalue weighted by Gasteiger charge is 2.15. The molecule has 4 nitrogen and oxygen atoms in total. The van der Waals surface area contributed by atoms with Gasteiger partial charge >= 0.3 is 0 Å². The Bertz CT molecular complexity index is 765. The lowest BCUT2D eigenvalue weighted by Crippen LogP contribution is -2.27. The zero-order valence-corrected chi connectivity index (χ0v) is 19.3. The second-order valence-corrected chi connectivity index (χ2v) is 9.87. The smallest absolute Gasteiger partial charge is 0.251 e. The van der Waals surface area contributed by atoms with E-state index in [1.165, 1.54) is 11.1 Å². The Kier molecular flexibility index (Phi) is 7.83. The Morgan fingerprint density at radius 3 is 1.17 bits per heavy atom. The van der Waals surface area contributed by atoms with Gasteiger partial charge in [-0.25, -0.2) is 0 Å². The molecular formula is C26H36N2O2. The number of hydrogen-bond donors (Lipinski definition) is 2. The molecule has 0 fully saturated rings. The van der Waals surface area contributed by atoms with Crippen molar-refractivity contribution in [1.82, 2.24) is 10.6 Å². The van der Waals surface area contributed by atoms with Gasteiger partial charge in [0.25, 0.3) is 11.8 Å². The van der Waals surface area contributed by atoms with Gasteiger partial charge < -0.3 is 10.6 Å². The first kappa shape index (κ1) is 23.7. The van der Waals surface area contributed by atoms with Crippen molar-refractivity contribution in [3.05, 3.63) is 70.8 Å². The lowest BCUT2D eigenvalue weighted by atomic mass is 9.86. The van der Waals surface area contributed by atoms with Crippen LogP contribution in [0.3, 0.4) is 0 Å². The highest BCUT2D eigenvalue weighted by Crippen LogP contribution is 2.23. The number of benzene rings is 2. The van der Waals surface area contributed by atoms with Crippen molar-refractivity contribution in [2.45, 2.75) is 65.2 Å². The van der Waals surface area contributed by atoms with Gasteiger partial charge in [-0.3, -0.25) is 9.59 Å². The molecule has 0 radical (unpaired) electrons. The summed E-state index contributed by atoms with van der Waals surface area (Å²) in [5.41, 5.74) is 3.93. The first-order chi connectivity index (χ1) is 14.0. The molecule has 0 saturated carbocycles. The quantitative estimate of drug-likeness (QED) is 0.617. The van der Waals surface area contributed by atoms with Gasteiger partial charge in [-0.05, 0) is 59.1 Å². The van der Waals surface area contributed by atoms with Crippen molar-refractivity contribution < 1.29 is 9.59 Å². The van der Waals surface area contributed by atoms with Crippen LogP contribution in [0.2, 0.25) is 0 Å². The molecule has 162 valence electrons. The molecule has 0 unspecified atom stereocenters. The maximum atomic E-state index is 12.2. The molecule has 2 N–H and O–H groups in total. The third-order valence-corrected chi connectivity index (χ3v) is 5.20. The van der Waals surface area contributed by atoms with Crippen LogP contribution >= 0.6 is 0 Å². The summed E-state index contributed by atoms with van der Waals surface area (Å²) < 4.78 is 0. The molecule has 0 spiro atoms. The molecule has 0 bridgehead atoms. The first-order valence-corrected chi connectivity index (χ1v) is 10.8. The molecule has 2 rings (SSSR count). The lowest BCUT2D eigenvalue weighted by Gasteiger charge is -2.19. The second-order valence-electron chi connectivity index (χ2n) is 9.87. The van der Waals surface area contributed by atoms with Gasteiger partial charge in [0.15, 0.2) is 0 Å². The zero-order valence-electron chi connectivity index (χ0n) is 19.3. The highest BCUT2D eigenvalue weighted by atomic mass is 16.2. The predicted octanol–water partition coefficient (Wildman–Crippen LogP) is 5.22. The van der Waals surface area contributed by atoms with E-state index >= 15 is 0 Å². The summed E-state index contributed by atoms with van der Waals surface area (Å²) in [6.45, 7) is 14.1. The van der Waals surface area contributed by atoms with Crippen LogP contribution < -0.4 is 10.6 Å². The minimum Gasteiger partial charge on any atom is -0.352 e. The highest BCUT2D eigenvalue weighted by molar-refractivity contribution is 5.94. The van der Waals surface area contributed by atoms with E-state index in [0.717, 1.165) is 12.8 Å². The van der Waals surface area contributed by atoms with Crippen molar-refractivity contribution in [3.8, 4) is 0 Å². The van der Waals surface area contributed by atoms with E-state index in [1.54, 1.807) is 0 Å². The number of carbonyl (C=O) groups excluding carboxylic acids is 2. The van der Waals surface area contributed by atoms with E-state index < -0.39 is 0 Å². The Labute approximate surface area is 181 Å². The van der Waals surface area contributed by atoms with E-state index in [4.69, 9.17) is 0 Å². The number of unbranched alkanes of at least 4 members (excludes halogenated alkanes) is 1. The third kappa shape index (κ3) is 7.01. The fourth-order valence-electron chi connectivity index (χ4n) is 3.10. The minimum atomic E-state index is -0.0570. The largest absolute Gasteiger partial charge is 0.352 e. The average molecular weight is 409 g/mol. The SMILES string of the molecule is CC(C)(C)c1ccc(C(=O)NCCCCNC(=O)c2ccc(C(C)(C)C)cc2)cc1. The van der Waals surface area contributed by atoms with Crippen LogP contribution in [0.5, 0.6) is 0 Å². The van der Waals surface area contributed by atoms with Crippen LogP contribution in [0.1, 0.15) is 86.2 Å². The third-order valence-electron chi connectivity index (χ3n) is 5.20. The molecule has 0 atom stereocenters. The molecule has 2 aromatic carbocycles. The van der Waals surface area contributed by atoms with Crippen molar-refractivity contribution in [3.63, 3.8) is 0 Å². The Morgan fingerprint density at radius 2 is 0.900 bits per heavy atom. The van der Waals surface area contributed by atoms with Crippen LogP contribution in [0.15, 0.2) is 48.5 Å². The molecule has 2 amide bonds. The van der Waals surface area contributed by atoms with Crippen molar-refractivity contribution >= 4 is 11.8 Å². The fourth-order valence-corrected chi connectivity index (χ4v) is 3.10. The van der Waals surface area contributed by atoms with Crippen LogP contribution in [-0.4, -0.2) is 24.9 Å². The van der Waals surface area contributed by atoms with E-state index in [2.05, 4.69) is 52.2 Å². The lowest BCUT2D eigenvalue weighted by molar-refractivity contribution is 0.0939. The summed E-state index contributed by atoms with van der Waals surface area (Å²) in [4.78, 5) is 24.5. The molecule has 0 saturated heterocycles. The van der Waals surface area contributed by atoms with Crippen LogP contribution in [0, 0.1) is 0 Å². The summed E-state index contributed by atoms with van der Waals surface area (Å²) in [6, 6.07) is 15.6. The number of hydrogen-bond acceptors (Lipinski definition) is 2. The van der Waals surface area contributed by atoms with Gasteiger partial charge in [0.05, 0.1) is 0 Å². The van der Waals surface area contributed by atoms with Gasteiger partial charge in [0.2, 0.25) is 0 Å². The normalized spacial score (nSPS) is 11.8. The maximum Gasteiger partial charge on any atom is 0.251 e. The van der Waals surface area contributed by atoms with Crippen molar-refractivity contribution in [2.75, 3.05) is 13.1 Å². The zero-order chi connectivity index (χ0) is 22.4. The summed E-state index contributed by atoms with van der Waals surface area (Å²) in [7, 11) is 0. The predicted molar refractivity (Wildman–Crippen MR) is 124 cm³/mol. The molecular weight excluding hydrogens is 372 g/mol. The molecule has 0 heterocycles. The Hall–Kier alpha value is -2.62. The van der Waals surface area contributed by atoms with E-state index in [-0.39, 0.29) is 22.6 Å². The van der Waals surface area contributed by atoms with Gasteiger partial charge in [-0.1, -0.05) is 65.8 Å². The number of amides is 2. The van der Waals surface area contributed by atoms with Crippen LogP contribution in [0.25, 0.3) is 0 Å². The van der Waals surface area contributed by atoms with E-state index in [0.29, 0.717) is 24.2 Å². The van der Waals surface area contributed by atoms with Crippen molar-refractivity contribution in [1.29, 1.82) is 0 Å². The van der Waals surface area contributed by atoms with E-state index in [1.807, 2.05) is 48.5 Å².